The summed E-state index contributed by atoms with van der Waals surface area (Å²) in [4.78, 5) is 29.5. The summed E-state index contributed by atoms with van der Waals surface area (Å²) in [7, 11) is 1.39. The molecule has 0 aliphatic carbocycles. The summed E-state index contributed by atoms with van der Waals surface area (Å²) < 4.78 is 68.0. The summed E-state index contributed by atoms with van der Waals surface area (Å²) in [6.45, 7) is 16.5. The predicted molar refractivity (Wildman–Crippen MR) is 175 cm³/mol. The van der Waals surface area contributed by atoms with Crippen molar-refractivity contribution in [2.45, 2.75) is 92.2 Å². The number of rotatable bonds is 8. The van der Waals surface area contributed by atoms with E-state index in [1.54, 1.807) is 33.8 Å². The number of aryl methyl sites for hydroxylation is 1. The Bertz CT molecular complexity index is 1490. The summed E-state index contributed by atoms with van der Waals surface area (Å²) in [6, 6.07) is 11.6. The molecule has 1 heterocycles. The fourth-order valence-electron chi connectivity index (χ4n) is 4.11. The fourth-order valence-corrected chi connectivity index (χ4v) is 4.11. The molecule has 0 aliphatic heterocycles. The van der Waals surface area contributed by atoms with Crippen molar-refractivity contribution in [3.8, 4) is 17.0 Å². The van der Waals surface area contributed by atoms with Crippen LogP contribution in [-0.4, -0.2) is 47.5 Å². The number of alkyl halides is 3. The van der Waals surface area contributed by atoms with Gasteiger partial charge in [-0.1, -0.05) is 33.8 Å². The largest absolute Gasteiger partial charge is 0.496 e. The van der Waals surface area contributed by atoms with E-state index in [1.807, 2.05) is 27.7 Å². The van der Waals surface area contributed by atoms with Crippen LogP contribution < -0.4 is 15.4 Å². The highest BCUT2D eigenvalue weighted by atomic mass is 19.4. The highest BCUT2D eigenvalue weighted by molar-refractivity contribution is 5.94. The molecule has 3 aromatic rings. The first-order chi connectivity index (χ1) is 21.8. The van der Waals surface area contributed by atoms with Crippen molar-refractivity contribution in [1.29, 1.82) is 0 Å². The normalized spacial score (nSPS) is 12.7. The average Bonchev–Trinajstić information content (AvgIpc) is 3.00. The summed E-state index contributed by atoms with van der Waals surface area (Å²) in [5, 5.41) is 16.0. The number of carbonyl (C=O) groups excluding carboxylic acids is 2. The third-order valence-electron chi connectivity index (χ3n) is 6.57. The molecule has 12 heteroatoms. The fraction of sp³-hybridized carbons (Fsp3) is 0.457. The van der Waals surface area contributed by atoms with Crippen LogP contribution in [-0.2, 0) is 15.9 Å². The number of nitrogens with one attached hydrogen (secondary N) is 2. The molecule has 1 aromatic heterocycles. The number of hydrogen-bond acceptors (Lipinski definition) is 6. The maximum absolute atomic E-state index is 14.6. The van der Waals surface area contributed by atoms with Gasteiger partial charge in [0.05, 0.1) is 30.6 Å². The third-order valence-corrected chi connectivity index (χ3v) is 6.57. The first kappa shape index (κ1) is 40.8. The first-order valence-electron chi connectivity index (χ1n) is 15.3. The molecular weight excluding hydrogens is 618 g/mol. The smallest absolute Gasteiger partial charge is 0.424 e. The Hall–Kier alpha value is -4.19. The third kappa shape index (κ3) is 10.9. The minimum Gasteiger partial charge on any atom is -0.496 e. The number of nitrogens with zero attached hydrogens (tertiary/aromatic N) is 1. The van der Waals surface area contributed by atoms with Crippen LogP contribution in [0.3, 0.4) is 0 Å². The zero-order valence-electron chi connectivity index (χ0n) is 28.9. The number of aliphatic hydroxyl groups is 1. The van der Waals surface area contributed by atoms with Gasteiger partial charge in [-0.05, 0) is 101 Å². The van der Waals surface area contributed by atoms with E-state index in [0.29, 0.717) is 11.3 Å². The second-order valence-corrected chi connectivity index (χ2v) is 11.6. The molecule has 260 valence electrons. The first-order valence-corrected chi connectivity index (χ1v) is 15.3. The van der Waals surface area contributed by atoms with Gasteiger partial charge in [-0.25, -0.2) is 14.2 Å². The molecule has 0 spiro atoms. The Labute approximate surface area is 274 Å². The van der Waals surface area contributed by atoms with Gasteiger partial charge in [-0.2, -0.15) is 13.2 Å². The van der Waals surface area contributed by atoms with Crippen LogP contribution in [0.1, 0.15) is 89.5 Å². The van der Waals surface area contributed by atoms with E-state index in [4.69, 9.17) is 9.47 Å². The van der Waals surface area contributed by atoms with Crippen molar-refractivity contribution in [1.82, 2.24) is 15.6 Å². The number of carbonyl (C=O) groups is 2. The molecule has 8 nitrogen and oxygen atoms in total. The summed E-state index contributed by atoms with van der Waals surface area (Å²) >= 11 is 0. The lowest BCUT2D eigenvalue weighted by atomic mass is 9.88. The lowest BCUT2D eigenvalue weighted by molar-refractivity contribution is -0.265. The number of benzene rings is 2. The van der Waals surface area contributed by atoms with Crippen molar-refractivity contribution in [2.75, 3.05) is 13.7 Å². The Kier molecular flexibility index (Phi) is 14.4. The maximum Gasteiger partial charge on any atom is 0.424 e. The predicted octanol–water partition coefficient (Wildman–Crippen LogP) is 8.20. The zero-order valence-corrected chi connectivity index (χ0v) is 28.9. The summed E-state index contributed by atoms with van der Waals surface area (Å²) in [5.41, 5.74) is -5.63. The van der Waals surface area contributed by atoms with Crippen molar-refractivity contribution in [3.63, 3.8) is 0 Å². The van der Waals surface area contributed by atoms with Crippen LogP contribution >= 0.6 is 0 Å². The lowest BCUT2D eigenvalue weighted by Crippen LogP contribution is -2.52. The number of methoxy groups -OCH3 is 1. The van der Waals surface area contributed by atoms with Crippen LogP contribution in [0.15, 0.2) is 54.6 Å². The molecule has 3 rings (SSSR count). The number of aromatic nitrogens is 1. The van der Waals surface area contributed by atoms with Gasteiger partial charge in [0.15, 0.2) is 0 Å². The number of ether oxygens (including phenoxy) is 2. The highest BCUT2D eigenvalue weighted by Crippen LogP contribution is 2.40. The lowest BCUT2D eigenvalue weighted by Gasteiger charge is -2.33. The molecule has 2 aromatic carbocycles. The Morgan fingerprint density at radius 3 is 1.98 bits per heavy atom. The number of hydrogen-bond donors (Lipinski definition) is 3. The van der Waals surface area contributed by atoms with Gasteiger partial charge in [0.2, 0.25) is 5.60 Å². The van der Waals surface area contributed by atoms with Gasteiger partial charge in [-0.3, -0.25) is 4.79 Å². The van der Waals surface area contributed by atoms with Crippen LogP contribution in [0.2, 0.25) is 0 Å². The molecule has 0 saturated heterocycles. The van der Waals surface area contributed by atoms with E-state index in [9.17, 15) is 32.3 Å². The van der Waals surface area contributed by atoms with E-state index < -0.39 is 53.0 Å². The Balaban J connectivity index is 0.00000265. The van der Waals surface area contributed by atoms with Gasteiger partial charge < -0.3 is 25.2 Å². The standard InChI is InChI=1S/C31H35F4N3O5.2C2H6/c1-18-8-9-20(14-24(18)42-7)26(39)36-17-30(41,31(33,34)35)25-16-21(29(5,6)38-27(40)43-28(2,3)4)15-23(37-25)19-10-12-22(32)13-11-19;2*1-2/h8-16,41H,17H2,1-7H3,(H,36,39)(H,38,40);2*1-2H3. The van der Waals surface area contributed by atoms with Crippen molar-refractivity contribution < 1.29 is 41.7 Å². The van der Waals surface area contributed by atoms with Gasteiger partial charge in [0, 0.05) is 11.1 Å². The van der Waals surface area contributed by atoms with Crippen LogP contribution in [0, 0.1) is 12.7 Å². The number of halogens is 4. The average molecular weight is 666 g/mol. The van der Waals surface area contributed by atoms with E-state index in [2.05, 4.69) is 15.6 Å². The van der Waals surface area contributed by atoms with Crippen molar-refractivity contribution in [3.05, 3.63) is 82.8 Å². The molecule has 3 N–H and O–H groups in total. The number of amides is 2. The van der Waals surface area contributed by atoms with Crippen molar-refractivity contribution in [2.24, 2.45) is 0 Å². The minimum absolute atomic E-state index is 0.0170. The number of pyridine rings is 1. The van der Waals surface area contributed by atoms with Crippen LogP contribution in [0.5, 0.6) is 5.75 Å². The molecule has 1 atom stereocenters. The molecular formula is C35H47F4N3O5. The molecule has 47 heavy (non-hydrogen) atoms. The Morgan fingerprint density at radius 1 is 0.894 bits per heavy atom. The van der Waals surface area contributed by atoms with Crippen LogP contribution in [0.25, 0.3) is 11.3 Å². The van der Waals surface area contributed by atoms with Gasteiger partial charge in [-0.15, -0.1) is 0 Å². The van der Waals surface area contributed by atoms with Gasteiger partial charge in [0.25, 0.3) is 5.91 Å². The van der Waals surface area contributed by atoms with E-state index in [0.717, 1.165) is 18.2 Å². The van der Waals surface area contributed by atoms with Crippen LogP contribution in [0.4, 0.5) is 22.4 Å². The second-order valence-electron chi connectivity index (χ2n) is 11.6. The summed E-state index contributed by atoms with van der Waals surface area (Å²) in [6.07, 6.45) is -6.13. The number of alkyl carbamates (subject to hydrolysis) is 1. The quantitative estimate of drug-likeness (QED) is 0.209. The molecule has 0 fully saturated rings. The van der Waals surface area contributed by atoms with Gasteiger partial charge in [0.1, 0.15) is 17.2 Å². The second kappa shape index (κ2) is 16.6. The van der Waals surface area contributed by atoms with Crippen molar-refractivity contribution >= 4 is 12.0 Å². The highest BCUT2D eigenvalue weighted by Gasteiger charge is 2.56. The molecule has 0 bridgehead atoms. The SMILES string of the molecule is CC.CC.COc1cc(C(=O)NCC(O)(c2cc(C(C)(C)NC(=O)OC(C)(C)C)cc(-c3ccc(F)cc3)n2)C(F)(F)F)ccc1C. The van der Waals surface area contributed by atoms with E-state index in [1.165, 1.54) is 51.3 Å². The van der Waals surface area contributed by atoms with E-state index >= 15 is 0 Å². The molecule has 2 amide bonds. The maximum atomic E-state index is 14.6. The minimum atomic E-state index is -5.31. The monoisotopic (exact) mass is 665 g/mol. The van der Waals surface area contributed by atoms with E-state index in [-0.39, 0.29) is 22.4 Å². The molecule has 0 saturated carbocycles. The Morgan fingerprint density at radius 2 is 1.47 bits per heavy atom. The molecule has 1 unspecified atom stereocenters. The topological polar surface area (TPSA) is 110 Å². The molecule has 0 aliphatic rings. The zero-order chi connectivity index (χ0) is 36.4. The summed E-state index contributed by atoms with van der Waals surface area (Å²) in [5.74, 6) is -1.10. The molecule has 0 radical (unpaired) electrons. The van der Waals surface area contributed by atoms with Gasteiger partial charge >= 0.3 is 12.3 Å².